The summed E-state index contributed by atoms with van der Waals surface area (Å²) in [6, 6.07) is 24.2. The van der Waals surface area contributed by atoms with Crippen molar-refractivity contribution in [2.45, 2.75) is 20.1 Å². The Morgan fingerprint density at radius 3 is 2.48 bits per heavy atom. The van der Waals surface area contributed by atoms with Gasteiger partial charge in [0.25, 0.3) is 5.91 Å². The summed E-state index contributed by atoms with van der Waals surface area (Å²) in [5.41, 5.74) is 2.38. The lowest BCUT2D eigenvalue weighted by Gasteiger charge is -2.09. The quantitative estimate of drug-likeness (QED) is 0.341. The molecule has 168 valence electrons. The van der Waals surface area contributed by atoms with Crippen LogP contribution in [0.2, 0.25) is 5.02 Å². The van der Waals surface area contributed by atoms with Crippen LogP contribution in [0.15, 0.2) is 85.1 Å². The van der Waals surface area contributed by atoms with Crippen LogP contribution in [0.1, 0.15) is 28.4 Å². The third-order valence-corrected chi connectivity index (χ3v) is 5.27. The number of hydrogen-bond donors (Lipinski definition) is 1. The average Bonchev–Trinajstić information content (AvgIpc) is 3.27. The number of benzene rings is 3. The van der Waals surface area contributed by atoms with Crippen LogP contribution in [-0.2, 0) is 13.2 Å². The SMILES string of the molecule is CCOc1ccc(OCc2cccc(C(=O)Nc3ccn(Cc4ccccc4Cl)n3)c2)cc1. The fourth-order valence-electron chi connectivity index (χ4n) is 3.27. The van der Waals surface area contributed by atoms with Gasteiger partial charge >= 0.3 is 0 Å². The van der Waals surface area contributed by atoms with Gasteiger partial charge in [0.05, 0.1) is 13.2 Å². The van der Waals surface area contributed by atoms with Crippen molar-refractivity contribution >= 4 is 23.3 Å². The van der Waals surface area contributed by atoms with Crippen LogP contribution in [0.4, 0.5) is 5.82 Å². The molecule has 1 aromatic heterocycles. The van der Waals surface area contributed by atoms with E-state index in [2.05, 4.69) is 10.4 Å². The van der Waals surface area contributed by atoms with Gasteiger partial charge in [-0.05, 0) is 60.5 Å². The van der Waals surface area contributed by atoms with E-state index in [1.165, 1.54) is 0 Å². The maximum Gasteiger partial charge on any atom is 0.256 e. The topological polar surface area (TPSA) is 65.4 Å². The molecule has 1 heterocycles. The molecule has 6 nitrogen and oxygen atoms in total. The summed E-state index contributed by atoms with van der Waals surface area (Å²) in [4.78, 5) is 12.7. The molecule has 1 N–H and O–H groups in total. The molecule has 0 aliphatic carbocycles. The molecule has 0 aliphatic rings. The van der Waals surface area contributed by atoms with Crippen molar-refractivity contribution in [3.8, 4) is 11.5 Å². The lowest BCUT2D eigenvalue weighted by atomic mass is 10.1. The molecule has 0 spiro atoms. The monoisotopic (exact) mass is 461 g/mol. The first-order chi connectivity index (χ1) is 16.1. The van der Waals surface area contributed by atoms with Crippen molar-refractivity contribution in [1.82, 2.24) is 9.78 Å². The summed E-state index contributed by atoms with van der Waals surface area (Å²) in [5.74, 6) is 1.78. The Hall–Kier alpha value is -3.77. The second kappa shape index (κ2) is 10.7. The highest BCUT2D eigenvalue weighted by Gasteiger charge is 2.10. The van der Waals surface area contributed by atoms with E-state index in [4.69, 9.17) is 21.1 Å². The normalized spacial score (nSPS) is 10.6. The highest BCUT2D eigenvalue weighted by molar-refractivity contribution is 6.31. The van der Waals surface area contributed by atoms with Crippen LogP contribution < -0.4 is 14.8 Å². The molecule has 0 unspecified atom stereocenters. The van der Waals surface area contributed by atoms with Crippen molar-refractivity contribution in [2.24, 2.45) is 0 Å². The maximum atomic E-state index is 12.7. The van der Waals surface area contributed by atoms with Crippen molar-refractivity contribution < 1.29 is 14.3 Å². The van der Waals surface area contributed by atoms with E-state index in [1.54, 1.807) is 23.0 Å². The van der Waals surface area contributed by atoms with Crippen LogP contribution in [-0.4, -0.2) is 22.3 Å². The molecule has 4 aromatic rings. The largest absolute Gasteiger partial charge is 0.494 e. The first-order valence-electron chi connectivity index (χ1n) is 10.6. The molecular weight excluding hydrogens is 438 g/mol. The predicted octanol–water partition coefficient (Wildman–Crippen LogP) is 5.81. The summed E-state index contributed by atoms with van der Waals surface area (Å²) in [6.07, 6.45) is 1.81. The van der Waals surface area contributed by atoms with E-state index in [-0.39, 0.29) is 5.91 Å². The van der Waals surface area contributed by atoms with Gasteiger partial charge in [-0.3, -0.25) is 9.48 Å². The molecule has 4 rings (SSSR count). The third-order valence-electron chi connectivity index (χ3n) is 4.90. The van der Waals surface area contributed by atoms with Crippen molar-refractivity contribution in [1.29, 1.82) is 0 Å². The molecule has 0 saturated carbocycles. The predicted molar refractivity (Wildman–Crippen MR) is 129 cm³/mol. The Morgan fingerprint density at radius 1 is 0.970 bits per heavy atom. The lowest BCUT2D eigenvalue weighted by Crippen LogP contribution is -2.13. The molecule has 7 heteroatoms. The number of aromatic nitrogens is 2. The second-order valence-electron chi connectivity index (χ2n) is 7.34. The number of amides is 1. The van der Waals surface area contributed by atoms with Gasteiger partial charge in [-0.15, -0.1) is 0 Å². The van der Waals surface area contributed by atoms with Gasteiger partial charge in [0.2, 0.25) is 0 Å². The van der Waals surface area contributed by atoms with Crippen molar-refractivity contribution in [2.75, 3.05) is 11.9 Å². The van der Waals surface area contributed by atoms with E-state index in [9.17, 15) is 4.79 Å². The summed E-state index contributed by atoms with van der Waals surface area (Å²) in [7, 11) is 0. The van der Waals surface area contributed by atoms with Crippen LogP contribution in [0.3, 0.4) is 0 Å². The van der Waals surface area contributed by atoms with Gasteiger partial charge in [0, 0.05) is 22.8 Å². The van der Waals surface area contributed by atoms with Gasteiger partial charge in [-0.2, -0.15) is 5.10 Å². The van der Waals surface area contributed by atoms with Gasteiger partial charge in [-0.1, -0.05) is 41.9 Å². The molecule has 3 aromatic carbocycles. The van der Waals surface area contributed by atoms with Gasteiger partial charge in [0.1, 0.15) is 18.1 Å². The van der Waals surface area contributed by atoms with Crippen LogP contribution >= 0.6 is 11.6 Å². The summed E-state index contributed by atoms with van der Waals surface area (Å²) < 4.78 is 13.0. The highest BCUT2D eigenvalue weighted by Crippen LogP contribution is 2.20. The van der Waals surface area contributed by atoms with Crippen LogP contribution in [0, 0.1) is 0 Å². The van der Waals surface area contributed by atoms with Gasteiger partial charge in [0.15, 0.2) is 5.82 Å². The first kappa shape index (κ1) is 22.4. The van der Waals surface area contributed by atoms with Crippen LogP contribution in [0.5, 0.6) is 11.5 Å². The van der Waals surface area contributed by atoms with Crippen molar-refractivity contribution in [3.05, 3.63) is 107 Å². The molecule has 0 fully saturated rings. The van der Waals surface area contributed by atoms with E-state index in [1.807, 2.05) is 73.7 Å². The molecule has 0 bridgehead atoms. The number of nitrogens with zero attached hydrogens (tertiary/aromatic N) is 2. The molecule has 0 atom stereocenters. The number of ether oxygens (including phenoxy) is 2. The molecule has 0 aliphatic heterocycles. The third kappa shape index (κ3) is 6.14. The maximum absolute atomic E-state index is 12.7. The fraction of sp³-hybridized carbons (Fsp3) is 0.154. The Bertz CT molecular complexity index is 1220. The Morgan fingerprint density at radius 2 is 1.73 bits per heavy atom. The molecule has 1 amide bonds. The molecular formula is C26H24ClN3O3. The number of nitrogens with one attached hydrogen (secondary N) is 1. The minimum atomic E-state index is -0.235. The fourth-order valence-corrected chi connectivity index (χ4v) is 3.47. The van der Waals surface area contributed by atoms with Gasteiger partial charge in [-0.25, -0.2) is 0 Å². The number of rotatable bonds is 9. The molecule has 33 heavy (non-hydrogen) atoms. The number of halogens is 1. The average molecular weight is 462 g/mol. The smallest absolute Gasteiger partial charge is 0.256 e. The number of anilines is 1. The standard InChI is InChI=1S/C26H24ClN3O3/c1-2-32-22-10-12-23(13-11-22)33-18-19-6-5-8-20(16-19)26(31)28-25-14-15-30(29-25)17-21-7-3-4-9-24(21)27/h3-16H,2,17-18H2,1H3,(H,28,29,31). The minimum absolute atomic E-state index is 0.235. The summed E-state index contributed by atoms with van der Waals surface area (Å²) in [6.45, 7) is 3.44. The highest BCUT2D eigenvalue weighted by atomic mass is 35.5. The van der Waals surface area contributed by atoms with Gasteiger partial charge < -0.3 is 14.8 Å². The molecule has 0 radical (unpaired) electrons. The van der Waals surface area contributed by atoms with Crippen LogP contribution in [0.25, 0.3) is 0 Å². The summed E-state index contributed by atoms with van der Waals surface area (Å²) >= 11 is 6.22. The lowest BCUT2D eigenvalue weighted by molar-refractivity contribution is 0.102. The number of carbonyl (C=O) groups excluding carboxylic acids is 1. The zero-order chi connectivity index (χ0) is 23.0. The Balaban J connectivity index is 1.35. The number of carbonyl (C=O) groups is 1. The Labute approximate surface area is 197 Å². The molecule has 0 saturated heterocycles. The van der Waals surface area contributed by atoms with Crippen molar-refractivity contribution in [3.63, 3.8) is 0 Å². The Kier molecular flexibility index (Phi) is 7.27. The summed E-state index contributed by atoms with van der Waals surface area (Å²) in [5, 5.41) is 7.94. The second-order valence-corrected chi connectivity index (χ2v) is 7.74. The van der Waals surface area contributed by atoms with E-state index in [0.717, 1.165) is 22.6 Å². The number of hydrogen-bond acceptors (Lipinski definition) is 4. The first-order valence-corrected chi connectivity index (χ1v) is 11.0. The zero-order valence-electron chi connectivity index (χ0n) is 18.2. The van der Waals surface area contributed by atoms with E-state index in [0.29, 0.717) is 36.2 Å². The minimum Gasteiger partial charge on any atom is -0.494 e. The van der Waals surface area contributed by atoms with E-state index >= 15 is 0 Å². The zero-order valence-corrected chi connectivity index (χ0v) is 19.0. The van der Waals surface area contributed by atoms with E-state index < -0.39 is 0 Å².